The van der Waals surface area contributed by atoms with Crippen molar-refractivity contribution in [2.45, 2.75) is 26.7 Å². The smallest absolute Gasteiger partial charge is 0.311 e. The largest absolute Gasteiger partial charge is 0.464 e. The van der Waals surface area contributed by atoms with Gasteiger partial charge in [-0.2, -0.15) is 0 Å². The van der Waals surface area contributed by atoms with Gasteiger partial charge in [0.15, 0.2) is 0 Å². The lowest BCUT2D eigenvalue weighted by atomic mass is 9.96. The Morgan fingerprint density at radius 1 is 1.00 bits per heavy atom. The Bertz CT molecular complexity index is 640. The molecule has 0 saturated carbocycles. The third-order valence-corrected chi connectivity index (χ3v) is 3.96. The first-order valence-corrected chi connectivity index (χ1v) is 7.34. The zero-order valence-corrected chi connectivity index (χ0v) is 12.7. The van der Waals surface area contributed by atoms with E-state index in [4.69, 9.17) is 4.74 Å². The van der Waals surface area contributed by atoms with Gasteiger partial charge < -0.3 is 4.74 Å². The minimum atomic E-state index is -0.461. The molecule has 0 unspecified atom stereocenters. The van der Waals surface area contributed by atoms with Crippen molar-refractivity contribution in [2.75, 3.05) is 6.61 Å². The standard InChI is InChI=1S/C19H20O2.H2/c1-19(2,3)18(20)21-12-17-15-10-6-4-8-13(15)14-9-5-7-11-16(14)17;/h4-11,17H,12H2,1-3H3;1H. The number of hydrogen-bond donors (Lipinski definition) is 0. The average Bonchev–Trinajstić information content (AvgIpc) is 2.78. The Balaban J connectivity index is 0.00000176. The molecule has 0 spiro atoms. The van der Waals surface area contributed by atoms with Gasteiger partial charge in [0.2, 0.25) is 0 Å². The summed E-state index contributed by atoms with van der Waals surface area (Å²) in [6.07, 6.45) is 0. The molecule has 2 aromatic rings. The molecule has 0 heterocycles. The summed E-state index contributed by atoms with van der Waals surface area (Å²) in [4.78, 5) is 12.0. The molecule has 21 heavy (non-hydrogen) atoms. The maximum atomic E-state index is 12.0. The summed E-state index contributed by atoms with van der Waals surface area (Å²) < 4.78 is 5.57. The van der Waals surface area contributed by atoms with Crippen LogP contribution in [0.5, 0.6) is 0 Å². The van der Waals surface area contributed by atoms with Crippen LogP contribution in [0.2, 0.25) is 0 Å². The highest BCUT2D eigenvalue weighted by Crippen LogP contribution is 2.44. The molecule has 1 aliphatic carbocycles. The Morgan fingerprint density at radius 2 is 1.48 bits per heavy atom. The van der Waals surface area contributed by atoms with Gasteiger partial charge in [-0.05, 0) is 43.0 Å². The fourth-order valence-corrected chi connectivity index (χ4v) is 2.81. The SMILES string of the molecule is CC(C)(C)C(=O)OCC1c2ccccc2-c2ccccc21.[HH]. The number of hydrogen-bond acceptors (Lipinski definition) is 2. The number of ether oxygens (including phenoxy) is 1. The van der Waals surface area contributed by atoms with Crippen LogP contribution in [0.15, 0.2) is 48.5 Å². The highest BCUT2D eigenvalue weighted by molar-refractivity contribution is 5.79. The normalized spacial score (nSPS) is 13.7. The van der Waals surface area contributed by atoms with Crippen LogP contribution in [0.3, 0.4) is 0 Å². The number of carbonyl (C=O) groups is 1. The molecule has 3 rings (SSSR count). The van der Waals surface area contributed by atoms with Gasteiger partial charge in [-0.25, -0.2) is 0 Å². The van der Waals surface area contributed by atoms with Crippen molar-refractivity contribution in [3.63, 3.8) is 0 Å². The van der Waals surface area contributed by atoms with Gasteiger partial charge in [0, 0.05) is 7.34 Å². The van der Waals surface area contributed by atoms with Crippen LogP contribution >= 0.6 is 0 Å². The Kier molecular flexibility index (Phi) is 3.32. The fourth-order valence-electron chi connectivity index (χ4n) is 2.81. The summed E-state index contributed by atoms with van der Waals surface area (Å²) in [6.45, 7) is 6.05. The second-order valence-electron chi connectivity index (χ2n) is 6.58. The predicted molar refractivity (Wildman–Crippen MR) is 86.2 cm³/mol. The second kappa shape index (κ2) is 5.03. The average molecular weight is 282 g/mol. The lowest BCUT2D eigenvalue weighted by molar-refractivity contribution is -0.153. The van der Waals surface area contributed by atoms with E-state index in [0.717, 1.165) is 0 Å². The van der Waals surface area contributed by atoms with Gasteiger partial charge in [0.05, 0.1) is 5.41 Å². The second-order valence-corrected chi connectivity index (χ2v) is 6.58. The minimum absolute atomic E-state index is 0. The molecule has 2 heteroatoms. The van der Waals surface area contributed by atoms with Crippen LogP contribution in [-0.2, 0) is 9.53 Å². The van der Waals surface area contributed by atoms with Crippen molar-refractivity contribution in [2.24, 2.45) is 5.41 Å². The van der Waals surface area contributed by atoms with E-state index in [1.54, 1.807) is 0 Å². The lowest BCUT2D eigenvalue weighted by Crippen LogP contribution is -2.25. The Hall–Kier alpha value is -2.09. The maximum absolute atomic E-state index is 12.0. The lowest BCUT2D eigenvalue weighted by Gasteiger charge is -2.20. The zero-order chi connectivity index (χ0) is 15.0. The number of esters is 1. The summed E-state index contributed by atoms with van der Waals surface area (Å²) >= 11 is 0. The van der Waals surface area contributed by atoms with Crippen molar-refractivity contribution in [1.29, 1.82) is 0 Å². The first-order valence-electron chi connectivity index (χ1n) is 7.34. The Morgan fingerprint density at radius 3 is 1.95 bits per heavy atom. The van der Waals surface area contributed by atoms with E-state index in [0.29, 0.717) is 6.61 Å². The molecule has 0 amide bonds. The van der Waals surface area contributed by atoms with E-state index in [9.17, 15) is 4.79 Å². The Labute approximate surface area is 127 Å². The number of fused-ring (bicyclic) bond motifs is 3. The molecule has 0 fully saturated rings. The first kappa shape index (κ1) is 13.9. The number of carbonyl (C=O) groups excluding carboxylic acids is 1. The van der Waals surface area contributed by atoms with Crippen molar-refractivity contribution in [3.8, 4) is 11.1 Å². The molecule has 0 N–H and O–H groups in total. The summed E-state index contributed by atoms with van der Waals surface area (Å²) in [6, 6.07) is 16.7. The zero-order valence-electron chi connectivity index (χ0n) is 12.7. The maximum Gasteiger partial charge on any atom is 0.311 e. The molecule has 110 valence electrons. The molecule has 0 radical (unpaired) electrons. The molecular weight excluding hydrogens is 260 g/mol. The van der Waals surface area contributed by atoms with Crippen LogP contribution in [-0.4, -0.2) is 12.6 Å². The van der Waals surface area contributed by atoms with Crippen molar-refractivity contribution < 1.29 is 11.0 Å². The molecule has 2 aromatic carbocycles. The van der Waals surface area contributed by atoms with Gasteiger partial charge in [0.25, 0.3) is 0 Å². The molecule has 0 aromatic heterocycles. The molecule has 2 nitrogen and oxygen atoms in total. The van der Waals surface area contributed by atoms with E-state index in [2.05, 4.69) is 36.4 Å². The van der Waals surface area contributed by atoms with Crippen LogP contribution in [0.4, 0.5) is 0 Å². The van der Waals surface area contributed by atoms with Crippen LogP contribution in [0.25, 0.3) is 11.1 Å². The summed E-state index contributed by atoms with van der Waals surface area (Å²) in [5.41, 5.74) is 4.55. The van der Waals surface area contributed by atoms with Crippen LogP contribution < -0.4 is 0 Å². The molecule has 0 bridgehead atoms. The third-order valence-electron chi connectivity index (χ3n) is 3.96. The summed E-state index contributed by atoms with van der Waals surface area (Å²) in [7, 11) is 0. The fraction of sp³-hybridized carbons (Fsp3) is 0.316. The van der Waals surface area contributed by atoms with Gasteiger partial charge in [-0.15, -0.1) is 0 Å². The van der Waals surface area contributed by atoms with E-state index < -0.39 is 5.41 Å². The number of benzene rings is 2. The predicted octanol–water partition coefficient (Wildman–Crippen LogP) is 4.63. The van der Waals surface area contributed by atoms with Crippen molar-refractivity contribution in [1.82, 2.24) is 0 Å². The van der Waals surface area contributed by atoms with Crippen LogP contribution in [0, 0.1) is 5.41 Å². The quantitative estimate of drug-likeness (QED) is 0.750. The van der Waals surface area contributed by atoms with Gasteiger partial charge >= 0.3 is 5.97 Å². The van der Waals surface area contributed by atoms with Gasteiger partial charge in [0.1, 0.15) is 6.61 Å². The van der Waals surface area contributed by atoms with Gasteiger partial charge in [-0.3, -0.25) is 4.79 Å². The van der Waals surface area contributed by atoms with E-state index in [1.807, 2.05) is 32.9 Å². The summed E-state index contributed by atoms with van der Waals surface area (Å²) in [5, 5.41) is 0. The third kappa shape index (κ3) is 2.46. The highest BCUT2D eigenvalue weighted by Gasteiger charge is 2.30. The molecule has 0 saturated heterocycles. The number of rotatable bonds is 2. The van der Waals surface area contributed by atoms with E-state index in [-0.39, 0.29) is 13.3 Å². The molecule has 1 aliphatic rings. The molecular formula is C19H22O2. The highest BCUT2D eigenvalue weighted by atomic mass is 16.5. The molecule has 0 atom stereocenters. The van der Waals surface area contributed by atoms with Crippen molar-refractivity contribution >= 4 is 5.97 Å². The molecule has 0 aliphatic heterocycles. The minimum Gasteiger partial charge on any atom is -0.464 e. The van der Waals surface area contributed by atoms with E-state index >= 15 is 0 Å². The van der Waals surface area contributed by atoms with Crippen LogP contribution in [0.1, 0.15) is 39.2 Å². The van der Waals surface area contributed by atoms with Crippen molar-refractivity contribution in [3.05, 3.63) is 59.7 Å². The first-order chi connectivity index (χ1) is 9.98. The topological polar surface area (TPSA) is 26.3 Å². The van der Waals surface area contributed by atoms with E-state index in [1.165, 1.54) is 22.3 Å². The monoisotopic (exact) mass is 282 g/mol. The van der Waals surface area contributed by atoms with Gasteiger partial charge in [-0.1, -0.05) is 48.5 Å². The summed E-state index contributed by atoms with van der Waals surface area (Å²) in [5.74, 6) is -0.00642.